The molecule has 0 radical (unpaired) electrons. The van der Waals surface area contributed by atoms with Crippen LogP contribution in [0.15, 0.2) is 255 Å². The number of hydrogen-bond acceptors (Lipinski definition) is 8. The molecule has 2 saturated carbocycles. The number of amides is 4. The van der Waals surface area contributed by atoms with Gasteiger partial charge in [-0.05, 0) is 146 Å². The fourth-order valence-electron chi connectivity index (χ4n) is 19.1. The first kappa shape index (κ1) is 52.6. The molecular formula is C82H52N4O6. The summed E-state index contributed by atoms with van der Waals surface area (Å²) in [5, 5.41) is 12.5. The Balaban J connectivity index is 0.000000132. The van der Waals surface area contributed by atoms with Gasteiger partial charge in [-0.15, -0.1) is 0 Å². The van der Waals surface area contributed by atoms with E-state index in [1.807, 2.05) is 172 Å². The minimum Gasteiger partial charge on any atom is -0.297 e. The summed E-state index contributed by atoms with van der Waals surface area (Å²) < 4.78 is 0. The molecule has 0 N–H and O–H groups in total. The van der Waals surface area contributed by atoms with E-state index < -0.39 is 45.3 Å². The summed E-state index contributed by atoms with van der Waals surface area (Å²) in [6.45, 7) is 3.72. The molecule has 6 aliphatic rings. The normalized spacial score (nSPS) is 24.9. The smallest absolute Gasteiger partial charge is 0.240 e. The molecule has 10 nitrogen and oxygen atoms in total. The summed E-state index contributed by atoms with van der Waals surface area (Å²) in [4.78, 5) is 104. The Kier molecular flexibility index (Phi) is 10.4. The lowest BCUT2D eigenvalue weighted by Gasteiger charge is -2.38. The number of aromatic nitrogens is 2. The molecule has 14 aromatic rings. The molecule has 8 atom stereocenters. The van der Waals surface area contributed by atoms with Gasteiger partial charge in [0.15, 0.2) is 11.6 Å². The number of imide groups is 2. The first-order valence-corrected chi connectivity index (χ1v) is 31.4. The molecule has 10 heteroatoms. The average molecular weight is 1190 g/mol. The molecule has 2 aromatic heterocycles. The van der Waals surface area contributed by atoms with Crippen molar-refractivity contribution >= 4 is 111 Å². The third-order valence-electron chi connectivity index (χ3n) is 22.1. The van der Waals surface area contributed by atoms with E-state index in [-0.39, 0.29) is 35.2 Å². The lowest BCUT2D eigenvalue weighted by Crippen LogP contribution is -2.45. The zero-order chi connectivity index (χ0) is 61.9. The highest BCUT2D eigenvalue weighted by Gasteiger charge is 2.84. The number of hydrogen-bond donors (Lipinski definition) is 0. The van der Waals surface area contributed by atoms with E-state index in [2.05, 4.69) is 82.8 Å². The van der Waals surface area contributed by atoms with Crippen LogP contribution in [0.25, 0.3) is 64.6 Å². The maximum Gasteiger partial charge on any atom is 0.240 e. The van der Waals surface area contributed by atoms with Crippen molar-refractivity contribution < 1.29 is 28.8 Å². The van der Waals surface area contributed by atoms with Gasteiger partial charge in [0.25, 0.3) is 0 Å². The minimum atomic E-state index is -1.40. The zero-order valence-electron chi connectivity index (χ0n) is 49.8. The maximum atomic E-state index is 16.0. The molecule has 4 fully saturated rings. The zero-order valence-corrected chi connectivity index (χ0v) is 49.8. The van der Waals surface area contributed by atoms with E-state index in [0.717, 1.165) is 120 Å². The lowest BCUT2D eigenvalue weighted by molar-refractivity contribution is -0.130. The van der Waals surface area contributed by atoms with Crippen LogP contribution in [0.2, 0.25) is 0 Å². The SMILES string of the molecule is Cc1cccnc1N1C(=O)[C@@H]2[C@H](C1=O)[C@@]1(c3ccccc3)C(=O)[C@]2(c2ccccc2)c2c1c1cccc3ccc4cccc2c4c31.Cc1cccnc1N1C(=O)[C@@H]2[C@H](C1=O)[C@@]1(c3ccccc3)C(=O)[C@]2(c2ccccc2)c2c1c1cccc3ccc4cccc2c4c31. The van der Waals surface area contributed by atoms with Crippen molar-refractivity contribution in [3.05, 3.63) is 311 Å². The van der Waals surface area contributed by atoms with E-state index in [1.54, 1.807) is 24.5 Å². The van der Waals surface area contributed by atoms with E-state index in [1.165, 1.54) is 9.80 Å². The summed E-state index contributed by atoms with van der Waals surface area (Å²) in [6, 6.07) is 79.6. The maximum absolute atomic E-state index is 16.0. The first-order chi connectivity index (χ1) is 45.0. The first-order valence-electron chi connectivity index (χ1n) is 31.4. The predicted octanol–water partition coefficient (Wildman–Crippen LogP) is 14.5. The molecule has 2 saturated heterocycles. The summed E-state index contributed by atoms with van der Waals surface area (Å²) in [7, 11) is 0. The molecule has 4 bridgehead atoms. The van der Waals surface area contributed by atoms with Gasteiger partial charge in [-0.25, -0.2) is 19.8 Å². The summed E-state index contributed by atoms with van der Waals surface area (Å²) in [6.07, 6.45) is 3.22. The van der Waals surface area contributed by atoms with E-state index in [4.69, 9.17) is 0 Å². The van der Waals surface area contributed by atoms with Crippen LogP contribution in [-0.2, 0) is 50.4 Å². The number of nitrogens with zero attached hydrogens (tertiary/aromatic N) is 4. The van der Waals surface area contributed by atoms with Gasteiger partial charge in [0.2, 0.25) is 23.6 Å². The second-order valence-corrected chi connectivity index (χ2v) is 25.8. The third kappa shape index (κ3) is 5.85. The molecule has 2 aliphatic heterocycles. The summed E-state index contributed by atoms with van der Waals surface area (Å²) in [5.74, 6) is -4.83. The van der Waals surface area contributed by atoms with Crippen molar-refractivity contribution in [1.29, 1.82) is 0 Å². The van der Waals surface area contributed by atoms with Crippen LogP contribution in [-0.4, -0.2) is 45.2 Å². The largest absolute Gasteiger partial charge is 0.297 e. The van der Waals surface area contributed by atoms with Crippen LogP contribution in [0, 0.1) is 37.5 Å². The van der Waals surface area contributed by atoms with Crippen molar-refractivity contribution in [2.75, 3.05) is 9.80 Å². The van der Waals surface area contributed by atoms with Gasteiger partial charge >= 0.3 is 0 Å². The molecular weight excluding hydrogens is 1140 g/mol. The molecule has 20 rings (SSSR count). The highest BCUT2D eigenvalue weighted by atomic mass is 16.2. The fourth-order valence-corrected chi connectivity index (χ4v) is 19.1. The van der Waals surface area contributed by atoms with Crippen molar-refractivity contribution in [1.82, 2.24) is 9.97 Å². The van der Waals surface area contributed by atoms with Crippen LogP contribution in [0.3, 0.4) is 0 Å². The van der Waals surface area contributed by atoms with Crippen molar-refractivity contribution in [3.63, 3.8) is 0 Å². The van der Waals surface area contributed by atoms with Gasteiger partial charge in [0, 0.05) is 12.4 Å². The van der Waals surface area contributed by atoms with Crippen LogP contribution in [0.5, 0.6) is 0 Å². The second-order valence-electron chi connectivity index (χ2n) is 25.8. The average Bonchev–Trinajstić information content (AvgIpc) is 1.45. The summed E-state index contributed by atoms with van der Waals surface area (Å²) >= 11 is 0. The monoisotopic (exact) mass is 1190 g/mol. The molecule has 12 aromatic carbocycles. The lowest BCUT2D eigenvalue weighted by atomic mass is 9.59. The Labute approximate surface area is 527 Å². The van der Waals surface area contributed by atoms with Gasteiger partial charge in [-0.3, -0.25) is 28.8 Å². The standard InChI is InChI=1S/2C41H26N2O3/c2*1-23-11-10-22-42-36(23)43-37(44)34-35(38(43)45)41(27-16-6-3-7-17-27)33-29-19-9-13-25-21-20-24-12-8-18-28(30(24)31(25)29)32(33)40(34,39(41)46)26-14-4-2-5-15-26/h2*2-22,34-35H,1H3/t2*34-,35+,40+,41-. The van der Waals surface area contributed by atoms with Crippen molar-refractivity contribution in [2.24, 2.45) is 23.7 Å². The van der Waals surface area contributed by atoms with Crippen LogP contribution >= 0.6 is 0 Å². The number of benzene rings is 12. The number of aryl methyl sites for hydroxylation is 2. The van der Waals surface area contributed by atoms with Gasteiger partial charge < -0.3 is 0 Å². The van der Waals surface area contributed by atoms with E-state index >= 15 is 28.8 Å². The minimum absolute atomic E-state index is 0.0988. The Morgan fingerprint density at radius 2 is 0.533 bits per heavy atom. The third-order valence-corrected chi connectivity index (χ3v) is 22.1. The van der Waals surface area contributed by atoms with Gasteiger partial charge in [-0.1, -0.05) is 231 Å². The fraction of sp³-hybridized carbons (Fsp3) is 0.122. The molecule has 0 unspecified atom stereocenters. The van der Waals surface area contributed by atoms with Gasteiger partial charge in [0.1, 0.15) is 11.6 Å². The number of rotatable bonds is 6. The second kappa shape index (κ2) is 18.2. The molecule has 4 aliphatic carbocycles. The van der Waals surface area contributed by atoms with E-state index in [0.29, 0.717) is 11.6 Å². The highest BCUT2D eigenvalue weighted by molar-refractivity contribution is 6.38. The van der Waals surface area contributed by atoms with Crippen LogP contribution < -0.4 is 9.80 Å². The Morgan fingerprint density at radius 3 is 0.772 bits per heavy atom. The molecule has 0 spiro atoms. The number of ketones is 2. The highest BCUT2D eigenvalue weighted by Crippen LogP contribution is 2.75. The Bertz CT molecular complexity index is 5000. The number of anilines is 2. The number of fused-ring (bicyclic) bond motifs is 20. The Hall–Kier alpha value is -11.4. The summed E-state index contributed by atoms with van der Waals surface area (Å²) in [5.41, 5.74) is 2.23. The van der Waals surface area contributed by atoms with Crippen LogP contribution in [0.4, 0.5) is 11.6 Å². The van der Waals surface area contributed by atoms with Crippen LogP contribution in [0.1, 0.15) is 55.6 Å². The number of carbonyl (C=O) groups excluding carboxylic acids is 6. The van der Waals surface area contributed by atoms with E-state index in [9.17, 15) is 0 Å². The van der Waals surface area contributed by atoms with Gasteiger partial charge in [0.05, 0.1) is 45.3 Å². The topological polar surface area (TPSA) is 135 Å². The number of pyridine rings is 2. The van der Waals surface area contributed by atoms with Gasteiger partial charge in [-0.2, -0.15) is 0 Å². The molecule has 436 valence electrons. The number of Topliss-reactive ketones (excluding diaryl/α,β-unsaturated/α-hetero) is 2. The predicted molar refractivity (Wildman–Crippen MR) is 356 cm³/mol. The van der Waals surface area contributed by atoms with Crippen molar-refractivity contribution in [3.8, 4) is 0 Å². The van der Waals surface area contributed by atoms with Crippen molar-refractivity contribution in [2.45, 2.75) is 35.5 Å². The Morgan fingerprint density at radius 1 is 0.283 bits per heavy atom. The molecule has 4 amide bonds. The quantitative estimate of drug-likeness (QED) is 0.119. The molecule has 4 heterocycles. The number of carbonyl (C=O) groups is 6. The molecule has 92 heavy (non-hydrogen) atoms.